The molecule has 0 atom stereocenters. The molecule has 0 aliphatic heterocycles. The molecule has 2 nitrogen and oxygen atoms in total. The van der Waals surface area contributed by atoms with Crippen LogP contribution in [0.15, 0.2) is 42.5 Å². The van der Waals surface area contributed by atoms with E-state index < -0.39 is 0 Å². The van der Waals surface area contributed by atoms with Crippen LogP contribution in [0.3, 0.4) is 0 Å². The average molecular weight is 353 g/mol. The summed E-state index contributed by atoms with van der Waals surface area (Å²) < 4.78 is 0. The number of carbonyl (C=O) groups excluding carboxylic acids is 1. The third-order valence-corrected chi connectivity index (χ3v) is 3.44. The number of hydrogen-bond acceptors (Lipinski definition) is 1. The van der Waals surface area contributed by atoms with Crippen LogP contribution in [0, 0.1) is 11.8 Å². The predicted molar refractivity (Wildman–Crippen MR) is 91.5 cm³/mol. The summed E-state index contributed by atoms with van der Waals surface area (Å²) in [6.45, 7) is 0.490. The third-order valence-electron chi connectivity index (χ3n) is 2.77. The Morgan fingerprint density at radius 3 is 2.41 bits per heavy atom. The Morgan fingerprint density at radius 1 is 1.00 bits per heavy atom. The number of halogens is 3. The molecule has 0 saturated carbocycles. The van der Waals surface area contributed by atoms with E-state index in [0.29, 0.717) is 33.6 Å². The van der Waals surface area contributed by atoms with E-state index in [4.69, 9.17) is 34.8 Å². The van der Waals surface area contributed by atoms with Gasteiger partial charge in [0.05, 0.1) is 0 Å². The van der Waals surface area contributed by atoms with Crippen molar-refractivity contribution in [3.8, 4) is 11.8 Å². The van der Waals surface area contributed by atoms with Crippen molar-refractivity contribution < 1.29 is 4.79 Å². The normalized spacial score (nSPS) is 9.77. The maximum atomic E-state index is 11.7. The minimum absolute atomic E-state index is 0.349. The Hall–Kier alpha value is -1.66. The second-order valence-corrected chi connectivity index (χ2v) is 5.85. The van der Waals surface area contributed by atoms with Crippen LogP contribution in [-0.4, -0.2) is 12.5 Å². The minimum Gasteiger partial charge on any atom is -0.345 e. The van der Waals surface area contributed by atoms with Crippen LogP contribution in [0.4, 0.5) is 0 Å². The van der Waals surface area contributed by atoms with Crippen LogP contribution in [0.25, 0.3) is 0 Å². The van der Waals surface area contributed by atoms with Crippen molar-refractivity contribution in [2.75, 3.05) is 6.54 Å². The summed E-state index contributed by atoms with van der Waals surface area (Å²) in [6, 6.07) is 12.4. The molecule has 0 bridgehead atoms. The van der Waals surface area contributed by atoms with E-state index >= 15 is 0 Å². The number of benzene rings is 2. The highest BCUT2D eigenvalue weighted by Gasteiger charge is 1.99. The summed E-state index contributed by atoms with van der Waals surface area (Å²) in [5.41, 5.74) is 1.66. The number of amides is 1. The number of nitrogens with one attached hydrogen (secondary N) is 1. The highest BCUT2D eigenvalue weighted by molar-refractivity contribution is 6.34. The van der Waals surface area contributed by atoms with Gasteiger partial charge in [-0.25, -0.2) is 0 Å². The van der Waals surface area contributed by atoms with Crippen molar-refractivity contribution in [2.45, 2.75) is 6.42 Å². The quantitative estimate of drug-likeness (QED) is 0.817. The molecule has 22 heavy (non-hydrogen) atoms. The molecule has 5 heteroatoms. The van der Waals surface area contributed by atoms with E-state index in [1.165, 1.54) is 0 Å². The Kier molecular flexibility index (Phi) is 6.15. The molecule has 0 aliphatic rings. The van der Waals surface area contributed by atoms with Gasteiger partial charge in [0, 0.05) is 33.1 Å². The summed E-state index contributed by atoms with van der Waals surface area (Å²) >= 11 is 17.6. The Bertz CT molecular complexity index is 727. The van der Waals surface area contributed by atoms with E-state index in [2.05, 4.69) is 17.2 Å². The lowest BCUT2D eigenvalue weighted by Gasteiger charge is -2.02. The van der Waals surface area contributed by atoms with Crippen LogP contribution in [-0.2, 0) is 11.2 Å². The fourth-order valence-electron chi connectivity index (χ4n) is 1.81. The zero-order valence-corrected chi connectivity index (χ0v) is 13.8. The first-order valence-electron chi connectivity index (χ1n) is 6.53. The van der Waals surface area contributed by atoms with Gasteiger partial charge < -0.3 is 5.32 Å². The second-order valence-electron chi connectivity index (χ2n) is 4.54. The van der Waals surface area contributed by atoms with Crippen molar-refractivity contribution in [3.63, 3.8) is 0 Å². The van der Waals surface area contributed by atoms with Crippen LogP contribution in [0.1, 0.15) is 11.1 Å². The molecular weight excluding hydrogens is 341 g/mol. The molecule has 0 aliphatic carbocycles. The topological polar surface area (TPSA) is 29.1 Å². The van der Waals surface area contributed by atoms with Gasteiger partial charge in [-0.3, -0.25) is 4.79 Å². The third kappa shape index (κ3) is 5.61. The maximum absolute atomic E-state index is 11.7. The van der Waals surface area contributed by atoms with E-state index in [9.17, 15) is 4.79 Å². The lowest BCUT2D eigenvalue weighted by molar-refractivity contribution is -0.115. The summed E-state index contributed by atoms with van der Waals surface area (Å²) in [7, 11) is 0. The second kappa shape index (κ2) is 8.10. The van der Waals surface area contributed by atoms with Gasteiger partial charge in [-0.05, 0) is 42.3 Å². The lowest BCUT2D eigenvalue weighted by Crippen LogP contribution is -2.23. The van der Waals surface area contributed by atoms with E-state index in [1.54, 1.807) is 18.2 Å². The van der Waals surface area contributed by atoms with Crippen molar-refractivity contribution in [1.82, 2.24) is 5.32 Å². The molecular formula is C17H12Cl3NO. The standard InChI is InChI=1S/C17H12Cl3NO/c18-14-3-1-2-12(8-14)6-7-21-17(22)5-4-13-9-15(19)11-16(20)10-13/h1-3,8-11H,6-7H2,(H,21,22). The fourth-order valence-corrected chi connectivity index (χ4v) is 2.55. The maximum Gasteiger partial charge on any atom is 0.296 e. The zero-order valence-electron chi connectivity index (χ0n) is 11.5. The molecule has 2 aromatic rings. The highest BCUT2D eigenvalue weighted by atomic mass is 35.5. The van der Waals surface area contributed by atoms with E-state index in [-0.39, 0.29) is 5.91 Å². The summed E-state index contributed by atoms with van der Waals surface area (Å²) in [6.07, 6.45) is 0.691. The van der Waals surface area contributed by atoms with Gasteiger partial charge in [0.25, 0.3) is 5.91 Å². The van der Waals surface area contributed by atoms with Crippen molar-refractivity contribution in [2.24, 2.45) is 0 Å². The van der Waals surface area contributed by atoms with Gasteiger partial charge in [-0.2, -0.15) is 0 Å². The molecule has 1 N–H and O–H groups in total. The summed E-state index contributed by atoms with van der Waals surface area (Å²) in [5, 5.41) is 4.38. The Labute approximate surface area is 144 Å². The molecule has 0 radical (unpaired) electrons. The molecule has 2 aromatic carbocycles. The molecule has 112 valence electrons. The van der Waals surface area contributed by atoms with E-state index in [0.717, 1.165) is 5.56 Å². The monoisotopic (exact) mass is 351 g/mol. The largest absolute Gasteiger partial charge is 0.345 e. The Balaban J connectivity index is 1.87. The molecule has 2 rings (SSSR count). The summed E-state index contributed by atoms with van der Waals surface area (Å²) in [4.78, 5) is 11.7. The number of hydrogen-bond donors (Lipinski definition) is 1. The molecule has 0 aromatic heterocycles. The predicted octanol–water partition coefficient (Wildman–Crippen LogP) is 4.36. The highest BCUT2D eigenvalue weighted by Crippen LogP contribution is 2.18. The van der Waals surface area contributed by atoms with Crippen molar-refractivity contribution in [1.29, 1.82) is 0 Å². The zero-order chi connectivity index (χ0) is 15.9. The number of rotatable bonds is 3. The van der Waals surface area contributed by atoms with Gasteiger partial charge in [-0.1, -0.05) is 52.9 Å². The summed E-state index contributed by atoms with van der Waals surface area (Å²) in [5.74, 6) is 4.89. The molecule has 0 heterocycles. The van der Waals surface area contributed by atoms with Crippen LogP contribution < -0.4 is 5.32 Å². The first-order chi connectivity index (χ1) is 10.5. The first-order valence-corrected chi connectivity index (χ1v) is 7.67. The van der Waals surface area contributed by atoms with Crippen molar-refractivity contribution >= 4 is 40.7 Å². The van der Waals surface area contributed by atoms with Gasteiger partial charge >= 0.3 is 0 Å². The Morgan fingerprint density at radius 2 is 1.73 bits per heavy atom. The van der Waals surface area contributed by atoms with Crippen LogP contribution in [0.5, 0.6) is 0 Å². The average Bonchev–Trinajstić information content (AvgIpc) is 2.44. The molecule has 0 fully saturated rings. The molecule has 0 unspecified atom stereocenters. The smallest absolute Gasteiger partial charge is 0.296 e. The number of carbonyl (C=O) groups is 1. The van der Waals surface area contributed by atoms with Gasteiger partial charge in [-0.15, -0.1) is 0 Å². The van der Waals surface area contributed by atoms with Crippen LogP contribution in [0.2, 0.25) is 15.1 Å². The van der Waals surface area contributed by atoms with Gasteiger partial charge in [0.1, 0.15) is 0 Å². The van der Waals surface area contributed by atoms with Gasteiger partial charge in [0.2, 0.25) is 0 Å². The molecule has 0 spiro atoms. The molecule has 0 saturated heterocycles. The minimum atomic E-state index is -0.349. The lowest BCUT2D eigenvalue weighted by atomic mass is 10.1. The SMILES string of the molecule is O=C(C#Cc1cc(Cl)cc(Cl)c1)NCCc1cccc(Cl)c1. The molecule has 1 amide bonds. The first kappa shape index (κ1) is 16.7. The van der Waals surface area contributed by atoms with Crippen molar-refractivity contribution in [3.05, 3.63) is 68.7 Å². The van der Waals surface area contributed by atoms with Gasteiger partial charge in [0.15, 0.2) is 0 Å². The van der Waals surface area contributed by atoms with E-state index in [1.807, 2.05) is 24.3 Å². The fraction of sp³-hybridized carbons (Fsp3) is 0.118. The van der Waals surface area contributed by atoms with Crippen LogP contribution >= 0.6 is 34.8 Å².